The van der Waals surface area contributed by atoms with E-state index in [1.165, 1.54) is 5.56 Å². The molecule has 0 saturated carbocycles. The van der Waals surface area contributed by atoms with Crippen molar-refractivity contribution in [3.8, 4) is 0 Å². The minimum absolute atomic E-state index is 0.0434. The molecule has 0 unspecified atom stereocenters. The number of para-hydroxylation sites is 1. The molecule has 0 aliphatic heterocycles. The van der Waals surface area contributed by atoms with Crippen LogP contribution in [0.15, 0.2) is 18.2 Å². The van der Waals surface area contributed by atoms with Gasteiger partial charge in [-0.25, -0.2) is 0 Å². The van der Waals surface area contributed by atoms with Crippen molar-refractivity contribution in [1.82, 2.24) is 0 Å². The molecular formula is C14H20ClNO. The number of halogens is 1. The number of hydrogen-bond acceptors (Lipinski definition) is 1. The van der Waals surface area contributed by atoms with E-state index in [1.54, 1.807) is 0 Å². The number of benzene rings is 1. The highest BCUT2D eigenvalue weighted by Crippen LogP contribution is 2.27. The molecule has 1 aromatic carbocycles. The lowest BCUT2D eigenvalue weighted by Crippen LogP contribution is -2.14. The van der Waals surface area contributed by atoms with Gasteiger partial charge >= 0.3 is 0 Å². The van der Waals surface area contributed by atoms with Gasteiger partial charge in [0.25, 0.3) is 0 Å². The lowest BCUT2D eigenvalue weighted by atomic mass is 9.98. The largest absolute Gasteiger partial charge is 0.326 e. The smallest absolute Gasteiger partial charge is 0.224 e. The van der Waals surface area contributed by atoms with Crippen LogP contribution in [0, 0.1) is 6.92 Å². The third kappa shape index (κ3) is 4.04. The summed E-state index contributed by atoms with van der Waals surface area (Å²) >= 11 is 5.58. The van der Waals surface area contributed by atoms with Gasteiger partial charge in [0, 0.05) is 18.0 Å². The zero-order chi connectivity index (χ0) is 12.8. The maximum Gasteiger partial charge on any atom is 0.224 e. The topological polar surface area (TPSA) is 29.1 Å². The predicted molar refractivity (Wildman–Crippen MR) is 73.9 cm³/mol. The van der Waals surface area contributed by atoms with Gasteiger partial charge in [0.2, 0.25) is 5.91 Å². The molecule has 0 atom stereocenters. The molecule has 0 aliphatic carbocycles. The molecular weight excluding hydrogens is 234 g/mol. The summed E-state index contributed by atoms with van der Waals surface area (Å²) in [5.74, 6) is 0.971. The molecule has 3 heteroatoms. The summed E-state index contributed by atoms with van der Waals surface area (Å²) in [5.41, 5.74) is 3.25. The number of nitrogens with one attached hydrogen (secondary N) is 1. The second-order valence-electron chi connectivity index (χ2n) is 4.53. The number of hydrogen-bond donors (Lipinski definition) is 1. The van der Waals surface area contributed by atoms with Crippen LogP contribution in [-0.2, 0) is 4.79 Å². The molecule has 0 radical (unpaired) electrons. The zero-order valence-corrected chi connectivity index (χ0v) is 11.5. The first-order chi connectivity index (χ1) is 8.06. The number of carbonyl (C=O) groups is 1. The van der Waals surface area contributed by atoms with Gasteiger partial charge < -0.3 is 5.32 Å². The Bertz CT molecular complexity index is 388. The van der Waals surface area contributed by atoms with Crippen LogP contribution in [0.5, 0.6) is 0 Å². The molecule has 1 amide bonds. The number of anilines is 1. The van der Waals surface area contributed by atoms with Crippen molar-refractivity contribution < 1.29 is 4.79 Å². The van der Waals surface area contributed by atoms with Crippen molar-refractivity contribution in [3.05, 3.63) is 29.3 Å². The van der Waals surface area contributed by atoms with Crippen molar-refractivity contribution in [2.24, 2.45) is 0 Å². The highest BCUT2D eigenvalue weighted by Gasteiger charge is 2.11. The number of rotatable bonds is 5. The standard InChI is InChI=1S/C14H20ClNO/c1-10(2)12-7-4-6-11(3)14(12)16-13(17)8-5-9-15/h4,6-7,10H,5,8-9H2,1-3H3,(H,16,17). The molecule has 94 valence electrons. The van der Waals surface area contributed by atoms with E-state index in [0.29, 0.717) is 18.2 Å². The molecule has 0 saturated heterocycles. The van der Waals surface area contributed by atoms with Crippen LogP contribution in [-0.4, -0.2) is 11.8 Å². The summed E-state index contributed by atoms with van der Waals surface area (Å²) in [6, 6.07) is 6.11. The molecule has 1 N–H and O–H groups in total. The van der Waals surface area contributed by atoms with Gasteiger partial charge in [-0.3, -0.25) is 4.79 Å². The summed E-state index contributed by atoms with van der Waals surface area (Å²) in [7, 11) is 0. The Hall–Kier alpha value is -1.02. The van der Waals surface area contributed by atoms with E-state index in [2.05, 4.69) is 25.2 Å². The number of aryl methyl sites for hydroxylation is 1. The van der Waals surface area contributed by atoms with Crippen molar-refractivity contribution in [2.75, 3.05) is 11.2 Å². The van der Waals surface area contributed by atoms with Gasteiger partial charge in [-0.05, 0) is 30.4 Å². The Kier molecular flexibility index (Phi) is 5.49. The molecule has 1 rings (SSSR count). The van der Waals surface area contributed by atoms with E-state index >= 15 is 0 Å². The van der Waals surface area contributed by atoms with E-state index in [9.17, 15) is 4.79 Å². The molecule has 0 aliphatic rings. The van der Waals surface area contributed by atoms with Crippen LogP contribution in [0.3, 0.4) is 0 Å². The van der Waals surface area contributed by atoms with Gasteiger partial charge in [-0.2, -0.15) is 0 Å². The fourth-order valence-electron chi connectivity index (χ4n) is 1.77. The van der Waals surface area contributed by atoms with Crippen molar-refractivity contribution in [3.63, 3.8) is 0 Å². The SMILES string of the molecule is Cc1cccc(C(C)C)c1NC(=O)CCCCl. The fourth-order valence-corrected chi connectivity index (χ4v) is 1.91. The first-order valence-electron chi connectivity index (χ1n) is 6.01. The lowest BCUT2D eigenvalue weighted by molar-refractivity contribution is -0.116. The van der Waals surface area contributed by atoms with E-state index < -0.39 is 0 Å². The molecule has 0 fully saturated rings. The number of alkyl halides is 1. The van der Waals surface area contributed by atoms with E-state index in [0.717, 1.165) is 17.7 Å². The van der Waals surface area contributed by atoms with Crippen LogP contribution in [0.1, 0.15) is 43.7 Å². The van der Waals surface area contributed by atoms with Gasteiger partial charge in [-0.1, -0.05) is 32.0 Å². The van der Waals surface area contributed by atoms with Crippen molar-refractivity contribution >= 4 is 23.2 Å². The second-order valence-corrected chi connectivity index (χ2v) is 4.91. The van der Waals surface area contributed by atoms with Gasteiger partial charge in [0.05, 0.1) is 0 Å². The highest BCUT2D eigenvalue weighted by molar-refractivity contribution is 6.18. The van der Waals surface area contributed by atoms with Gasteiger partial charge in [-0.15, -0.1) is 11.6 Å². The fraction of sp³-hybridized carbons (Fsp3) is 0.500. The normalized spacial score (nSPS) is 10.6. The summed E-state index contributed by atoms with van der Waals surface area (Å²) in [6.07, 6.45) is 1.20. The Balaban J connectivity index is 2.85. The summed E-state index contributed by atoms with van der Waals surface area (Å²) in [5, 5.41) is 3.00. The molecule has 0 bridgehead atoms. The molecule has 0 spiro atoms. The third-order valence-electron chi connectivity index (χ3n) is 2.73. The number of carbonyl (C=O) groups excluding carboxylic acids is 1. The van der Waals surface area contributed by atoms with E-state index in [-0.39, 0.29) is 5.91 Å². The van der Waals surface area contributed by atoms with Gasteiger partial charge in [0.1, 0.15) is 0 Å². The molecule has 1 aromatic rings. The first-order valence-corrected chi connectivity index (χ1v) is 6.55. The predicted octanol–water partition coefficient (Wildman–Crippen LogP) is 4.08. The highest BCUT2D eigenvalue weighted by atomic mass is 35.5. The zero-order valence-electron chi connectivity index (χ0n) is 10.7. The quantitative estimate of drug-likeness (QED) is 0.788. The summed E-state index contributed by atoms with van der Waals surface area (Å²) in [6.45, 7) is 6.27. The lowest BCUT2D eigenvalue weighted by Gasteiger charge is -2.16. The van der Waals surface area contributed by atoms with E-state index in [1.807, 2.05) is 19.1 Å². The van der Waals surface area contributed by atoms with Crippen molar-refractivity contribution in [2.45, 2.75) is 39.5 Å². The monoisotopic (exact) mass is 253 g/mol. The van der Waals surface area contributed by atoms with Crippen molar-refractivity contribution in [1.29, 1.82) is 0 Å². The second kappa shape index (κ2) is 6.65. The Morgan fingerprint density at radius 1 is 1.41 bits per heavy atom. The van der Waals surface area contributed by atoms with E-state index in [4.69, 9.17) is 11.6 Å². The Morgan fingerprint density at radius 3 is 2.71 bits per heavy atom. The third-order valence-corrected chi connectivity index (χ3v) is 3.00. The minimum Gasteiger partial charge on any atom is -0.326 e. The molecule has 2 nitrogen and oxygen atoms in total. The number of amides is 1. The van der Waals surface area contributed by atoms with Crippen LogP contribution in [0.25, 0.3) is 0 Å². The maximum atomic E-state index is 11.7. The van der Waals surface area contributed by atoms with Gasteiger partial charge in [0.15, 0.2) is 0 Å². The van der Waals surface area contributed by atoms with Crippen LogP contribution in [0.4, 0.5) is 5.69 Å². The molecule has 17 heavy (non-hydrogen) atoms. The minimum atomic E-state index is 0.0434. The Labute approximate surface area is 108 Å². The molecule has 0 aromatic heterocycles. The van der Waals surface area contributed by atoms with Crippen LogP contribution in [0.2, 0.25) is 0 Å². The average molecular weight is 254 g/mol. The summed E-state index contributed by atoms with van der Waals surface area (Å²) < 4.78 is 0. The Morgan fingerprint density at radius 2 is 2.12 bits per heavy atom. The van der Waals surface area contributed by atoms with Crippen LogP contribution >= 0.6 is 11.6 Å². The maximum absolute atomic E-state index is 11.7. The van der Waals surface area contributed by atoms with Crippen LogP contribution < -0.4 is 5.32 Å². The summed E-state index contributed by atoms with van der Waals surface area (Å²) in [4.78, 5) is 11.7. The first kappa shape index (κ1) is 14.0. The average Bonchev–Trinajstić information content (AvgIpc) is 2.28. The molecule has 0 heterocycles.